The maximum absolute atomic E-state index is 14.1. The second-order valence-corrected chi connectivity index (χ2v) is 11.2. The zero-order valence-electron chi connectivity index (χ0n) is 18.3. The van der Waals surface area contributed by atoms with E-state index in [0.717, 1.165) is 25.6 Å². The molecule has 3 rings (SSSR count). The SMILES string of the molecule is CC(C(=O)N[C@H]1CCC(F)(F)C1)(c1cncnc1)N(C(=O)[C@H](F)Cl)c1ccc(S(F)(F)(F)(F)F)cc1. The minimum atomic E-state index is -10.1. The van der Waals surface area contributed by atoms with Crippen molar-refractivity contribution in [1.29, 1.82) is 0 Å². The van der Waals surface area contributed by atoms with Crippen LogP contribution in [0.3, 0.4) is 0 Å². The van der Waals surface area contributed by atoms with Crippen LogP contribution in [0.15, 0.2) is 47.9 Å². The number of carbonyl (C=O) groups excluding carboxylic acids is 2. The number of amides is 2. The van der Waals surface area contributed by atoms with Gasteiger partial charge in [0.15, 0.2) is 5.54 Å². The molecule has 200 valence electrons. The number of nitrogens with one attached hydrogen (secondary N) is 1. The molecule has 2 aromatic rings. The molecular formula is C20H19ClF8N4O2S. The molecule has 1 heterocycles. The Hall–Kier alpha value is -2.68. The van der Waals surface area contributed by atoms with Crippen molar-refractivity contribution in [3.05, 3.63) is 48.5 Å². The summed E-state index contributed by atoms with van der Waals surface area (Å²) < 4.78 is 107. The normalized spacial score (nSPS) is 22.0. The van der Waals surface area contributed by atoms with E-state index >= 15 is 0 Å². The van der Waals surface area contributed by atoms with Gasteiger partial charge in [0, 0.05) is 42.5 Å². The molecule has 2 amide bonds. The fraction of sp³-hybridized carbons (Fsp3) is 0.400. The van der Waals surface area contributed by atoms with Gasteiger partial charge in [-0.3, -0.25) is 14.5 Å². The summed E-state index contributed by atoms with van der Waals surface area (Å²) in [5.41, 5.74) is -6.00. The van der Waals surface area contributed by atoms with Crippen molar-refractivity contribution < 1.29 is 42.2 Å². The summed E-state index contributed by atoms with van der Waals surface area (Å²) >= 11 is 5.31. The highest BCUT2D eigenvalue weighted by molar-refractivity contribution is 8.45. The Kier molecular flexibility index (Phi) is 6.53. The number of hydrogen-bond acceptors (Lipinski definition) is 4. The predicted octanol–water partition coefficient (Wildman–Crippen LogP) is 6.22. The van der Waals surface area contributed by atoms with E-state index in [4.69, 9.17) is 11.6 Å². The van der Waals surface area contributed by atoms with Crippen molar-refractivity contribution in [2.75, 3.05) is 4.90 Å². The molecule has 36 heavy (non-hydrogen) atoms. The second kappa shape index (κ2) is 8.43. The van der Waals surface area contributed by atoms with Gasteiger partial charge >= 0.3 is 10.2 Å². The molecular weight excluding hydrogens is 548 g/mol. The van der Waals surface area contributed by atoms with E-state index in [1.165, 1.54) is 0 Å². The number of nitrogens with zero attached hydrogens (tertiary/aromatic N) is 3. The van der Waals surface area contributed by atoms with E-state index in [-0.39, 0.29) is 24.1 Å². The molecule has 0 spiro atoms. The van der Waals surface area contributed by atoms with Gasteiger partial charge in [-0.05, 0) is 37.6 Å². The lowest BCUT2D eigenvalue weighted by Crippen LogP contribution is -2.59. The Balaban J connectivity index is 2.15. The summed E-state index contributed by atoms with van der Waals surface area (Å²) in [4.78, 5) is 31.7. The van der Waals surface area contributed by atoms with Crippen LogP contribution in [0.25, 0.3) is 0 Å². The maximum atomic E-state index is 14.1. The number of benzene rings is 1. The van der Waals surface area contributed by atoms with E-state index in [0.29, 0.717) is 17.0 Å². The van der Waals surface area contributed by atoms with Crippen molar-refractivity contribution in [2.24, 2.45) is 0 Å². The van der Waals surface area contributed by atoms with Gasteiger partial charge in [0.2, 0.25) is 5.92 Å². The molecule has 0 saturated heterocycles. The smallest absolute Gasteiger partial charge is 0.310 e. The number of aromatic nitrogens is 2. The van der Waals surface area contributed by atoms with E-state index < -0.39 is 68.6 Å². The van der Waals surface area contributed by atoms with E-state index in [2.05, 4.69) is 15.3 Å². The van der Waals surface area contributed by atoms with Crippen molar-refractivity contribution in [3.8, 4) is 0 Å². The van der Waals surface area contributed by atoms with Gasteiger partial charge in [0.05, 0.1) is 0 Å². The molecule has 1 N–H and O–H groups in total. The molecule has 1 aliphatic rings. The van der Waals surface area contributed by atoms with Crippen molar-refractivity contribution in [2.45, 2.75) is 54.2 Å². The molecule has 0 bridgehead atoms. The average Bonchev–Trinajstić information content (AvgIpc) is 3.11. The van der Waals surface area contributed by atoms with Gasteiger partial charge in [0.1, 0.15) is 11.2 Å². The largest absolute Gasteiger partial charge is 0.351 e. The van der Waals surface area contributed by atoms with E-state index in [1.54, 1.807) is 0 Å². The zero-order valence-corrected chi connectivity index (χ0v) is 19.9. The molecule has 3 atom stereocenters. The Morgan fingerprint density at radius 1 is 1.14 bits per heavy atom. The van der Waals surface area contributed by atoms with Crippen LogP contribution in [0.5, 0.6) is 0 Å². The van der Waals surface area contributed by atoms with Gasteiger partial charge < -0.3 is 5.32 Å². The first-order valence-corrected chi connectivity index (χ1v) is 12.5. The number of hydrogen-bond donors (Lipinski definition) is 1. The molecule has 1 aromatic carbocycles. The Bertz CT molecular complexity index is 1150. The number of halogens is 9. The quantitative estimate of drug-likeness (QED) is 0.319. The first kappa shape index (κ1) is 27.9. The van der Waals surface area contributed by atoms with Crippen LogP contribution < -0.4 is 10.2 Å². The highest BCUT2D eigenvalue weighted by Crippen LogP contribution is 3.02. The van der Waals surface area contributed by atoms with Gasteiger partial charge in [-0.15, -0.1) is 0 Å². The summed E-state index contributed by atoms with van der Waals surface area (Å²) in [5.74, 6) is -5.85. The predicted molar refractivity (Wildman–Crippen MR) is 116 cm³/mol. The Labute approximate surface area is 204 Å². The van der Waals surface area contributed by atoms with Gasteiger partial charge in [-0.1, -0.05) is 31.0 Å². The molecule has 6 nitrogen and oxygen atoms in total. The molecule has 1 aromatic heterocycles. The monoisotopic (exact) mass is 566 g/mol. The summed E-state index contributed by atoms with van der Waals surface area (Å²) in [7, 11) is -10.1. The second-order valence-electron chi connectivity index (χ2n) is 8.41. The number of anilines is 1. The lowest BCUT2D eigenvalue weighted by atomic mass is 9.89. The molecule has 0 aliphatic heterocycles. The first-order chi connectivity index (χ1) is 16.2. The summed E-state index contributed by atoms with van der Waals surface area (Å²) in [6, 6.07) is -0.250. The van der Waals surface area contributed by atoms with Crippen LogP contribution in [0.1, 0.15) is 31.7 Å². The molecule has 1 saturated carbocycles. The van der Waals surface area contributed by atoms with Crippen LogP contribution in [0, 0.1) is 0 Å². The zero-order chi connectivity index (χ0) is 27.2. The number of alkyl halides is 4. The molecule has 16 heteroatoms. The van der Waals surface area contributed by atoms with E-state index in [9.17, 15) is 42.2 Å². The van der Waals surface area contributed by atoms with Crippen LogP contribution in [-0.2, 0) is 15.1 Å². The number of rotatable bonds is 7. The third-order valence-corrected chi connectivity index (χ3v) is 7.05. The minimum absolute atomic E-state index is 0.0318. The highest BCUT2D eigenvalue weighted by Gasteiger charge is 2.65. The summed E-state index contributed by atoms with van der Waals surface area (Å²) in [5, 5.41) is 2.34. The Morgan fingerprint density at radius 3 is 2.14 bits per heavy atom. The van der Waals surface area contributed by atoms with Crippen LogP contribution >= 0.6 is 21.8 Å². The van der Waals surface area contributed by atoms with Crippen LogP contribution in [0.4, 0.5) is 38.3 Å². The minimum Gasteiger partial charge on any atom is -0.351 e. The van der Waals surface area contributed by atoms with Gasteiger partial charge in [0.25, 0.3) is 17.4 Å². The van der Waals surface area contributed by atoms with E-state index in [1.807, 2.05) is 0 Å². The fourth-order valence-corrected chi connectivity index (χ4v) is 4.62. The van der Waals surface area contributed by atoms with Crippen molar-refractivity contribution >= 4 is 39.3 Å². The first-order valence-electron chi connectivity index (χ1n) is 10.2. The Morgan fingerprint density at radius 2 is 1.69 bits per heavy atom. The fourth-order valence-electron chi connectivity index (χ4n) is 3.87. The highest BCUT2D eigenvalue weighted by atomic mass is 35.5. The summed E-state index contributed by atoms with van der Waals surface area (Å²) in [6.07, 6.45) is 1.70. The number of carbonyl (C=O) groups is 2. The molecule has 1 aliphatic carbocycles. The topological polar surface area (TPSA) is 75.2 Å². The standard InChI is InChI=1S/C20H19ClF8N4O2S/c1-19(12-9-30-11-31-10-12,18(35)32-13-6-7-20(23,24)8-13)33(17(34)16(21)22)14-2-4-15(5-3-14)36(25,26,27,28)29/h2-5,9-11,13,16H,6-8H2,1H3,(H,32,35)/t13-,16-,19?/m0/s1. The maximum Gasteiger partial charge on any atom is 0.310 e. The lowest BCUT2D eigenvalue weighted by molar-refractivity contribution is -0.131. The average molecular weight is 567 g/mol. The summed E-state index contributed by atoms with van der Waals surface area (Å²) in [6.45, 7) is 1.03. The lowest BCUT2D eigenvalue weighted by Gasteiger charge is -2.42. The third-order valence-electron chi connectivity index (χ3n) is 5.70. The van der Waals surface area contributed by atoms with Gasteiger partial charge in [-0.2, -0.15) is 0 Å². The third kappa shape index (κ3) is 5.82. The molecule has 0 radical (unpaired) electrons. The molecule has 1 unspecified atom stereocenters. The molecule has 1 fully saturated rings. The van der Waals surface area contributed by atoms with Crippen molar-refractivity contribution in [1.82, 2.24) is 15.3 Å². The van der Waals surface area contributed by atoms with Gasteiger partial charge in [-0.25, -0.2) is 23.1 Å². The van der Waals surface area contributed by atoms with Crippen LogP contribution in [-0.4, -0.2) is 39.4 Å². The van der Waals surface area contributed by atoms with Crippen molar-refractivity contribution in [3.63, 3.8) is 0 Å². The van der Waals surface area contributed by atoms with Crippen LogP contribution in [0.2, 0.25) is 0 Å².